The van der Waals surface area contributed by atoms with Gasteiger partial charge in [-0.25, -0.2) is 14.5 Å². The molecule has 0 saturated carbocycles. The average molecular weight is 223 g/mol. The monoisotopic (exact) mass is 222 g/mol. The van der Waals surface area contributed by atoms with Crippen LogP contribution in [0.15, 0.2) is 18.5 Å². The van der Waals surface area contributed by atoms with Crippen LogP contribution in [0.25, 0.3) is 11.2 Å². The van der Waals surface area contributed by atoms with Crippen molar-refractivity contribution in [2.75, 3.05) is 0 Å². The zero-order valence-corrected chi connectivity index (χ0v) is 9.36. The number of rotatable bonds is 2. The van der Waals surface area contributed by atoms with Gasteiger partial charge in [0.2, 0.25) is 0 Å². The van der Waals surface area contributed by atoms with Crippen molar-refractivity contribution in [2.24, 2.45) is 0 Å². The van der Waals surface area contributed by atoms with Gasteiger partial charge in [-0.1, -0.05) is 24.6 Å². The normalized spacial score (nSPS) is 12.3. The molecule has 0 atom stereocenters. The van der Waals surface area contributed by atoms with Gasteiger partial charge in [0.15, 0.2) is 11.5 Å². The molecular formula is C10H11ClN4. The molecule has 5 heteroatoms. The Bertz CT molecular complexity index is 515. The molecule has 0 aliphatic rings. The second-order valence-corrected chi connectivity index (χ2v) is 3.63. The van der Waals surface area contributed by atoms with Crippen LogP contribution in [0.3, 0.4) is 0 Å². The number of halogens is 1. The highest BCUT2D eigenvalue weighted by atomic mass is 35.5. The van der Waals surface area contributed by atoms with Crippen molar-refractivity contribution >= 4 is 22.8 Å². The Labute approximate surface area is 92.6 Å². The van der Waals surface area contributed by atoms with Crippen molar-refractivity contribution in [1.29, 1.82) is 0 Å². The van der Waals surface area contributed by atoms with Crippen LogP contribution in [0.5, 0.6) is 0 Å². The molecule has 2 aromatic heterocycles. The number of nitrogens with zero attached hydrogens (tertiary/aromatic N) is 4. The van der Waals surface area contributed by atoms with Crippen molar-refractivity contribution in [3.8, 4) is 0 Å². The number of allylic oxidation sites excluding steroid dienone is 2. The predicted molar refractivity (Wildman–Crippen MR) is 59.7 cm³/mol. The Morgan fingerprint density at radius 2 is 2.40 bits per heavy atom. The van der Waals surface area contributed by atoms with Gasteiger partial charge in [-0.2, -0.15) is 0 Å². The lowest BCUT2D eigenvalue weighted by Crippen LogP contribution is -1.89. The fourth-order valence-corrected chi connectivity index (χ4v) is 1.48. The summed E-state index contributed by atoms with van der Waals surface area (Å²) < 4.78 is 1.62. The highest BCUT2D eigenvalue weighted by molar-refractivity contribution is 6.29. The Balaban J connectivity index is 2.52. The second-order valence-electron chi connectivity index (χ2n) is 3.25. The van der Waals surface area contributed by atoms with Crippen molar-refractivity contribution < 1.29 is 0 Å². The molecule has 0 spiro atoms. The van der Waals surface area contributed by atoms with E-state index < -0.39 is 0 Å². The van der Waals surface area contributed by atoms with E-state index in [2.05, 4.69) is 28.1 Å². The zero-order chi connectivity index (χ0) is 10.8. The molecule has 0 aliphatic carbocycles. The smallest absolute Gasteiger partial charge is 0.177 e. The topological polar surface area (TPSA) is 43.1 Å². The average Bonchev–Trinajstić information content (AvgIpc) is 2.60. The quantitative estimate of drug-likeness (QED) is 0.734. The van der Waals surface area contributed by atoms with E-state index in [1.807, 2.05) is 6.92 Å². The summed E-state index contributed by atoms with van der Waals surface area (Å²) in [6, 6.07) is 1.69. The van der Waals surface area contributed by atoms with Crippen molar-refractivity contribution in [1.82, 2.24) is 19.6 Å². The molecule has 2 rings (SSSR count). The van der Waals surface area contributed by atoms with Crippen molar-refractivity contribution in [3.63, 3.8) is 0 Å². The fourth-order valence-electron chi connectivity index (χ4n) is 1.34. The first-order chi connectivity index (χ1) is 7.20. The number of hydrogen-bond donors (Lipinski definition) is 0. The maximum absolute atomic E-state index is 5.76. The maximum Gasteiger partial charge on any atom is 0.177 e. The molecule has 0 N–H and O–H groups in total. The summed E-state index contributed by atoms with van der Waals surface area (Å²) in [5, 5.41) is 4.72. The van der Waals surface area contributed by atoms with E-state index in [0.717, 1.165) is 17.8 Å². The summed E-state index contributed by atoms with van der Waals surface area (Å²) in [6.45, 7) is 4.07. The van der Waals surface area contributed by atoms with Crippen LogP contribution in [0.2, 0.25) is 5.15 Å². The third kappa shape index (κ3) is 1.99. The lowest BCUT2D eigenvalue weighted by Gasteiger charge is -1.90. The molecule has 15 heavy (non-hydrogen) atoms. The van der Waals surface area contributed by atoms with Gasteiger partial charge in [0.05, 0.1) is 0 Å². The summed E-state index contributed by atoms with van der Waals surface area (Å²) in [4.78, 5) is 8.28. The zero-order valence-electron chi connectivity index (χ0n) is 8.61. The minimum atomic E-state index is 0.429. The van der Waals surface area contributed by atoms with Gasteiger partial charge in [-0.3, -0.25) is 0 Å². The Morgan fingerprint density at radius 1 is 1.60 bits per heavy atom. The largest absolute Gasteiger partial charge is 0.224 e. The fraction of sp³-hybridized carbons (Fsp3) is 0.300. The molecule has 0 amide bonds. The number of fused-ring (bicyclic) bond motifs is 1. The molecule has 0 aliphatic heterocycles. The highest BCUT2D eigenvalue weighted by Gasteiger charge is 2.05. The van der Waals surface area contributed by atoms with Crippen LogP contribution in [0.1, 0.15) is 26.1 Å². The molecule has 0 radical (unpaired) electrons. The maximum atomic E-state index is 5.76. The van der Waals surface area contributed by atoms with Crippen molar-refractivity contribution in [3.05, 3.63) is 29.4 Å². The molecule has 2 heterocycles. The number of hydrogen-bond acceptors (Lipinski definition) is 3. The van der Waals surface area contributed by atoms with E-state index >= 15 is 0 Å². The summed E-state index contributed by atoms with van der Waals surface area (Å²) in [5.74, 6) is 0.723. The molecule has 0 aromatic carbocycles. The highest BCUT2D eigenvalue weighted by Crippen LogP contribution is 2.13. The molecule has 0 bridgehead atoms. The minimum Gasteiger partial charge on any atom is -0.224 e. The van der Waals surface area contributed by atoms with Crippen LogP contribution >= 0.6 is 11.6 Å². The van der Waals surface area contributed by atoms with Crippen LogP contribution in [-0.2, 0) is 0 Å². The predicted octanol–water partition coefficient (Wildman–Crippen LogP) is 2.59. The van der Waals surface area contributed by atoms with Crippen LogP contribution in [0.4, 0.5) is 0 Å². The Kier molecular flexibility index (Phi) is 2.68. The van der Waals surface area contributed by atoms with Gasteiger partial charge < -0.3 is 0 Å². The van der Waals surface area contributed by atoms with E-state index in [1.54, 1.807) is 16.9 Å². The summed E-state index contributed by atoms with van der Waals surface area (Å²) in [5.41, 5.74) is 1.78. The van der Waals surface area contributed by atoms with E-state index in [0.29, 0.717) is 10.8 Å². The molecule has 0 saturated heterocycles. The van der Waals surface area contributed by atoms with Crippen molar-refractivity contribution in [2.45, 2.75) is 20.3 Å². The third-order valence-electron chi connectivity index (χ3n) is 2.06. The summed E-state index contributed by atoms with van der Waals surface area (Å²) in [6.07, 6.45) is 4.62. The van der Waals surface area contributed by atoms with Gasteiger partial charge in [0.1, 0.15) is 11.5 Å². The van der Waals surface area contributed by atoms with Gasteiger partial charge in [-0.15, -0.1) is 5.10 Å². The van der Waals surface area contributed by atoms with E-state index in [4.69, 9.17) is 11.6 Å². The lowest BCUT2D eigenvalue weighted by molar-refractivity contribution is 0.912. The number of aromatic nitrogens is 4. The van der Waals surface area contributed by atoms with E-state index in [-0.39, 0.29) is 0 Å². The molecule has 78 valence electrons. The summed E-state index contributed by atoms with van der Waals surface area (Å²) >= 11 is 5.76. The van der Waals surface area contributed by atoms with Crippen LogP contribution < -0.4 is 0 Å². The van der Waals surface area contributed by atoms with Crippen LogP contribution in [0, 0.1) is 0 Å². The first-order valence-electron chi connectivity index (χ1n) is 4.75. The molecular weight excluding hydrogens is 212 g/mol. The summed E-state index contributed by atoms with van der Waals surface area (Å²) in [7, 11) is 0. The molecule has 0 fully saturated rings. The first-order valence-corrected chi connectivity index (χ1v) is 5.13. The standard InChI is InChI=1S/C10H11ClN4/c1-3-4-7(2)10-13-9-5-8(11)12-6-15(9)14-10/h4-6H,3H2,1-2H3/b7-4+. The van der Waals surface area contributed by atoms with Gasteiger partial charge in [0.25, 0.3) is 0 Å². The van der Waals surface area contributed by atoms with E-state index in [9.17, 15) is 0 Å². The molecule has 2 aromatic rings. The second kappa shape index (κ2) is 3.98. The van der Waals surface area contributed by atoms with Gasteiger partial charge in [0, 0.05) is 6.07 Å². The lowest BCUT2D eigenvalue weighted by atomic mass is 10.2. The minimum absolute atomic E-state index is 0.429. The van der Waals surface area contributed by atoms with E-state index in [1.165, 1.54) is 0 Å². The molecule has 0 unspecified atom stereocenters. The SMILES string of the molecule is CC/C=C(\C)c1nc2cc(Cl)ncn2n1. The first kappa shape index (κ1) is 10.1. The Hall–Kier alpha value is -1.42. The third-order valence-corrected chi connectivity index (χ3v) is 2.27. The molecule has 4 nitrogen and oxygen atoms in total. The van der Waals surface area contributed by atoms with Gasteiger partial charge in [-0.05, 0) is 18.9 Å². The van der Waals surface area contributed by atoms with Crippen LogP contribution in [-0.4, -0.2) is 19.6 Å². The Morgan fingerprint density at radius 3 is 3.13 bits per heavy atom. The van der Waals surface area contributed by atoms with Gasteiger partial charge >= 0.3 is 0 Å².